The number of rotatable bonds is 21. The molecule has 9 rings (SSSR count). The maximum atomic E-state index is 15.6. The van der Waals surface area contributed by atoms with E-state index in [4.69, 9.17) is 19.2 Å². The zero-order valence-corrected chi connectivity index (χ0v) is 37.6. The van der Waals surface area contributed by atoms with Gasteiger partial charge in [0, 0.05) is 93.4 Å². The molecule has 5 aromatic rings. The highest BCUT2D eigenvalue weighted by atomic mass is 19.1. The number of hydrogen-bond donors (Lipinski definition) is 5. The topological polar surface area (TPSA) is 247 Å². The summed E-state index contributed by atoms with van der Waals surface area (Å²) < 4.78 is 34.0. The van der Waals surface area contributed by atoms with Crippen molar-refractivity contribution in [3.8, 4) is 11.3 Å². The zero-order valence-electron chi connectivity index (χ0n) is 37.6. The Hall–Kier alpha value is -7.56. The number of nitrogens with zero attached hydrogens (tertiary/aromatic N) is 7. The lowest BCUT2D eigenvalue weighted by Crippen LogP contribution is -2.54. The second-order valence-corrected chi connectivity index (χ2v) is 16.9. The van der Waals surface area contributed by atoms with Crippen LogP contribution in [0, 0.1) is 5.82 Å². The number of fused-ring (bicyclic) bond motifs is 2. The predicted octanol–water partition coefficient (Wildman–Crippen LogP) is 2.83. The molecule has 2 aromatic carbocycles. The number of ether oxygens (including phenoxy) is 3. The molecule has 5 N–H and O–H groups in total. The largest absolute Gasteiger partial charge is 0.499 e. The first-order chi connectivity index (χ1) is 33.6. The van der Waals surface area contributed by atoms with Gasteiger partial charge in [-0.1, -0.05) is 6.07 Å². The van der Waals surface area contributed by atoms with E-state index in [1.54, 1.807) is 47.8 Å². The van der Waals surface area contributed by atoms with Crippen molar-refractivity contribution in [2.24, 2.45) is 0 Å². The van der Waals surface area contributed by atoms with Crippen LogP contribution in [0.25, 0.3) is 16.9 Å². The fraction of sp³-hybridized carbons (Fsp3) is 0.383. The summed E-state index contributed by atoms with van der Waals surface area (Å²) in [6.45, 7) is 4.83. The number of imidazole rings is 1. The maximum absolute atomic E-state index is 15.6. The SMILES string of the molecule is O=C(C=COCCOCCOCCNc1cccc2c1C(=O)N(C1CCC(=O)NC1=O)C2=O)NCCN1CCN(C(=O)c2ccc(Nc3nc(C4CC4)cn4c(-c5cn[nH]c5)cnc34)c(F)c2)CC1. The number of amides is 6. The lowest BCUT2D eigenvalue weighted by Gasteiger charge is -2.34. The van der Waals surface area contributed by atoms with Gasteiger partial charge in [0.1, 0.15) is 18.5 Å². The molecule has 22 heteroatoms. The van der Waals surface area contributed by atoms with Crippen molar-refractivity contribution in [3.63, 3.8) is 0 Å². The smallest absolute Gasteiger partial charge is 0.264 e. The van der Waals surface area contributed by atoms with Gasteiger partial charge in [-0.2, -0.15) is 5.10 Å². The lowest BCUT2D eigenvalue weighted by atomic mass is 10.0. The number of anilines is 3. The van der Waals surface area contributed by atoms with Crippen LogP contribution in [-0.4, -0.2) is 160 Å². The quantitative estimate of drug-likeness (QED) is 0.0307. The average Bonchev–Trinajstić information content (AvgIpc) is 3.77. The number of aromatic amines is 1. The summed E-state index contributed by atoms with van der Waals surface area (Å²) in [7, 11) is 0. The Kier molecular flexibility index (Phi) is 14.3. The Balaban J connectivity index is 0.618. The van der Waals surface area contributed by atoms with E-state index in [2.05, 4.69) is 41.3 Å². The maximum Gasteiger partial charge on any atom is 0.264 e. The summed E-state index contributed by atoms with van der Waals surface area (Å²) in [6.07, 6.45) is 12.0. The van der Waals surface area contributed by atoms with Crippen LogP contribution in [0.4, 0.5) is 21.6 Å². The first kappa shape index (κ1) is 46.5. The third-order valence-corrected chi connectivity index (χ3v) is 12.2. The van der Waals surface area contributed by atoms with Gasteiger partial charge in [0.2, 0.25) is 17.7 Å². The standard InChI is InChI=1S/C47H51FN12O9/c48-33-24-30(6-7-34(33)54-42-43-51-27-38(31-25-52-53-26-31)59(43)28-36(55-42)29-4-5-29)45(64)58-16-14-57(15-17-58)13-11-50-39(61)10-18-67-20-22-69-23-21-68-19-12-49-35-3-1-2-32-41(35)47(66)60(46(32)65)37-8-9-40(62)56-44(37)63/h1-3,6-7,10,18,24-29,37,49H,4-5,8-9,11-17,19-23H2,(H,50,61)(H,52,53)(H,54,55)(H,56,62,63). The number of piperidine rings is 1. The molecule has 3 fully saturated rings. The van der Waals surface area contributed by atoms with Gasteiger partial charge in [0.15, 0.2) is 11.5 Å². The Labute approximate surface area is 394 Å². The first-order valence-electron chi connectivity index (χ1n) is 22.9. The van der Waals surface area contributed by atoms with E-state index < -0.39 is 35.5 Å². The van der Waals surface area contributed by atoms with E-state index >= 15 is 4.39 Å². The molecule has 3 aliphatic heterocycles. The minimum absolute atomic E-state index is 0.0442. The van der Waals surface area contributed by atoms with Crippen LogP contribution in [0.15, 0.2) is 73.5 Å². The molecule has 2 saturated heterocycles. The third-order valence-electron chi connectivity index (χ3n) is 12.2. The molecule has 21 nitrogen and oxygen atoms in total. The van der Waals surface area contributed by atoms with Crippen molar-refractivity contribution in [3.05, 3.63) is 102 Å². The second-order valence-electron chi connectivity index (χ2n) is 16.9. The number of carbonyl (C=O) groups is 6. The summed E-state index contributed by atoms with van der Waals surface area (Å²) in [5.74, 6) is -2.64. The molecule has 1 aliphatic carbocycles. The minimum atomic E-state index is -1.04. The van der Waals surface area contributed by atoms with Crippen LogP contribution in [-0.2, 0) is 28.6 Å². The number of benzene rings is 2. The summed E-state index contributed by atoms with van der Waals surface area (Å²) in [6, 6.07) is 8.23. The lowest BCUT2D eigenvalue weighted by molar-refractivity contribution is -0.136. The number of hydrogen-bond acceptors (Lipinski definition) is 15. The van der Waals surface area contributed by atoms with Crippen LogP contribution in [0.1, 0.15) is 68.4 Å². The van der Waals surface area contributed by atoms with Gasteiger partial charge in [-0.05, 0) is 49.6 Å². The first-order valence-corrected chi connectivity index (χ1v) is 22.9. The molecule has 6 heterocycles. The van der Waals surface area contributed by atoms with Crippen molar-refractivity contribution in [2.75, 3.05) is 89.5 Å². The number of piperazine rings is 1. The van der Waals surface area contributed by atoms with Gasteiger partial charge < -0.3 is 35.1 Å². The van der Waals surface area contributed by atoms with E-state index in [0.29, 0.717) is 82.1 Å². The van der Waals surface area contributed by atoms with Crippen LogP contribution in [0.5, 0.6) is 0 Å². The normalized spacial score (nSPS) is 17.4. The number of aromatic nitrogens is 5. The van der Waals surface area contributed by atoms with Gasteiger partial charge in [-0.15, -0.1) is 0 Å². The Morgan fingerprint density at radius 3 is 2.48 bits per heavy atom. The van der Waals surface area contributed by atoms with E-state index in [0.717, 1.165) is 34.7 Å². The van der Waals surface area contributed by atoms with Gasteiger partial charge >= 0.3 is 0 Å². The van der Waals surface area contributed by atoms with Crippen molar-refractivity contribution < 1.29 is 47.4 Å². The number of H-pyrrole nitrogens is 1. The van der Waals surface area contributed by atoms with Gasteiger partial charge in [0.05, 0.1) is 73.3 Å². The minimum Gasteiger partial charge on any atom is -0.499 e. The number of halogens is 1. The van der Waals surface area contributed by atoms with Crippen LogP contribution in [0.3, 0.4) is 0 Å². The number of imide groups is 2. The van der Waals surface area contributed by atoms with Crippen molar-refractivity contribution in [1.82, 2.24) is 49.9 Å². The Morgan fingerprint density at radius 1 is 0.899 bits per heavy atom. The fourth-order valence-corrected chi connectivity index (χ4v) is 8.43. The van der Waals surface area contributed by atoms with Crippen molar-refractivity contribution in [1.29, 1.82) is 0 Å². The molecule has 6 amide bonds. The monoisotopic (exact) mass is 946 g/mol. The average molecular weight is 947 g/mol. The Bertz CT molecular complexity index is 2770. The van der Waals surface area contributed by atoms with Gasteiger partial charge in [0.25, 0.3) is 17.7 Å². The van der Waals surface area contributed by atoms with E-state index in [1.807, 2.05) is 10.6 Å². The summed E-state index contributed by atoms with van der Waals surface area (Å²) in [4.78, 5) is 90.0. The summed E-state index contributed by atoms with van der Waals surface area (Å²) in [5, 5.41) is 18.1. The zero-order chi connectivity index (χ0) is 47.9. The van der Waals surface area contributed by atoms with E-state index in [-0.39, 0.29) is 66.9 Å². The Morgan fingerprint density at radius 2 is 1.71 bits per heavy atom. The highest BCUT2D eigenvalue weighted by Crippen LogP contribution is 2.41. The second kappa shape index (κ2) is 21.2. The summed E-state index contributed by atoms with van der Waals surface area (Å²) in [5.41, 5.74) is 4.40. The molecule has 1 atom stereocenters. The molecule has 360 valence electrons. The van der Waals surface area contributed by atoms with Gasteiger partial charge in [-0.25, -0.2) is 14.4 Å². The molecule has 4 aliphatic rings. The third kappa shape index (κ3) is 10.8. The van der Waals surface area contributed by atoms with Crippen LogP contribution < -0.4 is 21.3 Å². The van der Waals surface area contributed by atoms with E-state index in [9.17, 15) is 28.8 Å². The molecule has 1 unspecified atom stereocenters. The molecule has 0 radical (unpaired) electrons. The summed E-state index contributed by atoms with van der Waals surface area (Å²) >= 11 is 0. The van der Waals surface area contributed by atoms with Gasteiger partial charge in [-0.3, -0.25) is 53.4 Å². The predicted molar refractivity (Wildman–Crippen MR) is 246 cm³/mol. The number of carbonyl (C=O) groups excluding carboxylic acids is 6. The molecule has 0 bridgehead atoms. The molecule has 1 saturated carbocycles. The molecule has 69 heavy (non-hydrogen) atoms. The highest BCUT2D eigenvalue weighted by Gasteiger charge is 2.45. The molecular formula is C47H51FN12O9. The molecule has 3 aromatic heterocycles. The molecular weight excluding hydrogens is 896 g/mol. The highest BCUT2D eigenvalue weighted by molar-refractivity contribution is 6.25. The molecule has 0 spiro atoms. The van der Waals surface area contributed by atoms with Crippen LogP contribution in [0.2, 0.25) is 0 Å². The number of nitrogens with one attached hydrogen (secondary N) is 5. The van der Waals surface area contributed by atoms with Crippen LogP contribution >= 0.6 is 0 Å². The van der Waals surface area contributed by atoms with E-state index in [1.165, 1.54) is 24.5 Å². The fourth-order valence-electron chi connectivity index (χ4n) is 8.43. The van der Waals surface area contributed by atoms with Crippen molar-refractivity contribution in [2.45, 2.75) is 37.6 Å². The van der Waals surface area contributed by atoms with Crippen molar-refractivity contribution >= 4 is 58.3 Å².